The van der Waals surface area contributed by atoms with Gasteiger partial charge in [0.2, 0.25) is 0 Å². The summed E-state index contributed by atoms with van der Waals surface area (Å²) in [5.41, 5.74) is 1.04. The van der Waals surface area contributed by atoms with Gasteiger partial charge in [-0.1, -0.05) is 0 Å². The molecule has 1 saturated heterocycles. The molecule has 0 aromatic carbocycles. The van der Waals surface area contributed by atoms with E-state index in [-0.39, 0.29) is 5.54 Å². The van der Waals surface area contributed by atoms with Crippen molar-refractivity contribution in [2.75, 3.05) is 13.2 Å². The fourth-order valence-electron chi connectivity index (χ4n) is 4.61. The maximum absolute atomic E-state index is 5.47. The summed E-state index contributed by atoms with van der Waals surface area (Å²) in [5, 5.41) is 3.75. The van der Waals surface area contributed by atoms with Crippen LogP contribution >= 0.6 is 0 Å². The van der Waals surface area contributed by atoms with Crippen molar-refractivity contribution in [2.24, 2.45) is 17.3 Å². The molecule has 3 aliphatic rings. The molecule has 1 spiro atoms. The lowest BCUT2D eigenvalue weighted by Gasteiger charge is -2.61. The van der Waals surface area contributed by atoms with Crippen molar-refractivity contribution in [2.45, 2.75) is 70.9 Å². The molecule has 0 radical (unpaired) electrons. The van der Waals surface area contributed by atoms with Crippen molar-refractivity contribution in [1.29, 1.82) is 0 Å². The molecule has 0 bridgehead atoms. The fraction of sp³-hybridized carbons (Fsp3) is 1.00. The third kappa shape index (κ3) is 2.60. The summed E-state index contributed by atoms with van der Waals surface area (Å²) in [4.78, 5) is 0. The highest BCUT2D eigenvalue weighted by molar-refractivity contribution is 5.07. The van der Waals surface area contributed by atoms with Gasteiger partial charge in [-0.05, 0) is 76.5 Å². The molecule has 2 nitrogen and oxygen atoms in total. The van der Waals surface area contributed by atoms with Crippen molar-refractivity contribution < 1.29 is 4.74 Å². The van der Waals surface area contributed by atoms with Gasteiger partial charge in [0.05, 0.1) is 0 Å². The molecule has 2 heteroatoms. The molecule has 0 unspecified atom stereocenters. The van der Waals surface area contributed by atoms with Crippen molar-refractivity contribution in [3.63, 3.8) is 0 Å². The lowest BCUT2D eigenvalue weighted by molar-refractivity contribution is -0.0920. The molecule has 2 saturated carbocycles. The number of nitrogens with one attached hydrogen (secondary N) is 1. The molecule has 3 fully saturated rings. The maximum atomic E-state index is 5.47. The second-order valence-electron chi connectivity index (χ2n) is 8.12. The first-order chi connectivity index (χ1) is 8.46. The lowest BCUT2D eigenvalue weighted by atomic mass is 9.47. The standard InChI is InChI=1S/C16H29NO/c1-15(2,3)17-14-10-16(11-14)8-13(9-16)12-4-6-18-7-5-12/h12-14,17H,4-11H2,1-3H3. The first-order valence-corrected chi connectivity index (χ1v) is 7.81. The molecular weight excluding hydrogens is 222 g/mol. The summed E-state index contributed by atoms with van der Waals surface area (Å²) >= 11 is 0. The van der Waals surface area contributed by atoms with Crippen molar-refractivity contribution in [3.05, 3.63) is 0 Å². The van der Waals surface area contributed by atoms with Crippen LogP contribution in [0.1, 0.15) is 59.3 Å². The quantitative estimate of drug-likeness (QED) is 0.812. The highest BCUT2D eigenvalue weighted by Crippen LogP contribution is 2.61. The van der Waals surface area contributed by atoms with Crippen LogP contribution in [0.15, 0.2) is 0 Å². The van der Waals surface area contributed by atoms with E-state index >= 15 is 0 Å². The van der Waals surface area contributed by atoms with Crippen molar-refractivity contribution in [1.82, 2.24) is 5.32 Å². The molecule has 0 aromatic heterocycles. The van der Waals surface area contributed by atoms with Gasteiger partial charge in [-0.15, -0.1) is 0 Å². The highest BCUT2D eigenvalue weighted by atomic mass is 16.5. The molecule has 0 aromatic rings. The van der Waals surface area contributed by atoms with Crippen LogP contribution in [0.4, 0.5) is 0 Å². The predicted molar refractivity (Wildman–Crippen MR) is 74.6 cm³/mol. The third-order valence-electron chi connectivity index (χ3n) is 5.32. The molecule has 0 atom stereocenters. The highest BCUT2D eigenvalue weighted by Gasteiger charge is 2.54. The van der Waals surface area contributed by atoms with Crippen molar-refractivity contribution in [3.8, 4) is 0 Å². The minimum absolute atomic E-state index is 0.288. The Hall–Kier alpha value is -0.0800. The molecule has 18 heavy (non-hydrogen) atoms. The van der Waals surface area contributed by atoms with Crippen LogP contribution in [-0.4, -0.2) is 24.8 Å². The van der Waals surface area contributed by atoms with E-state index in [9.17, 15) is 0 Å². The zero-order chi connectivity index (χ0) is 12.8. The normalized spacial score (nSPS) is 41.5. The van der Waals surface area contributed by atoms with Crippen molar-refractivity contribution >= 4 is 0 Å². The van der Waals surface area contributed by atoms with Gasteiger partial charge in [-0.2, -0.15) is 0 Å². The zero-order valence-corrected chi connectivity index (χ0v) is 12.3. The van der Waals surface area contributed by atoms with Gasteiger partial charge < -0.3 is 10.1 Å². The van der Waals surface area contributed by atoms with Crippen LogP contribution in [0.3, 0.4) is 0 Å². The van der Waals surface area contributed by atoms with E-state index < -0.39 is 0 Å². The smallest absolute Gasteiger partial charge is 0.0468 e. The summed E-state index contributed by atoms with van der Waals surface area (Å²) in [5.74, 6) is 2.02. The van der Waals surface area contributed by atoms with Crippen LogP contribution in [0.25, 0.3) is 0 Å². The van der Waals surface area contributed by atoms with Gasteiger partial charge in [0.15, 0.2) is 0 Å². The summed E-state index contributed by atoms with van der Waals surface area (Å²) in [6, 6.07) is 0.792. The SMILES string of the molecule is CC(C)(C)NC1CC2(C1)CC(C1CCOCC1)C2. The van der Waals surface area contributed by atoms with Gasteiger partial charge >= 0.3 is 0 Å². The number of hydrogen-bond donors (Lipinski definition) is 1. The van der Waals surface area contributed by atoms with E-state index in [1.807, 2.05) is 0 Å². The number of rotatable bonds is 2. The molecule has 1 N–H and O–H groups in total. The van der Waals surface area contributed by atoms with E-state index in [4.69, 9.17) is 4.74 Å². The number of ether oxygens (including phenoxy) is 1. The summed E-state index contributed by atoms with van der Waals surface area (Å²) < 4.78 is 5.47. The molecule has 1 heterocycles. The first-order valence-electron chi connectivity index (χ1n) is 7.81. The molecule has 2 aliphatic carbocycles. The van der Waals surface area contributed by atoms with E-state index in [2.05, 4.69) is 26.1 Å². The summed E-state index contributed by atoms with van der Waals surface area (Å²) in [7, 11) is 0. The Morgan fingerprint density at radius 3 is 2.11 bits per heavy atom. The predicted octanol–water partition coefficient (Wildman–Crippen LogP) is 3.36. The minimum atomic E-state index is 0.288. The zero-order valence-electron chi connectivity index (χ0n) is 12.3. The molecular formula is C16H29NO. The van der Waals surface area contributed by atoms with Crippen LogP contribution in [0.5, 0.6) is 0 Å². The second-order valence-corrected chi connectivity index (χ2v) is 8.12. The Morgan fingerprint density at radius 1 is 0.944 bits per heavy atom. The minimum Gasteiger partial charge on any atom is -0.381 e. The van der Waals surface area contributed by atoms with Gasteiger partial charge in [0.1, 0.15) is 0 Å². The molecule has 1 aliphatic heterocycles. The Labute approximate surface area is 112 Å². The topological polar surface area (TPSA) is 21.3 Å². The Balaban J connectivity index is 1.41. The molecule has 0 amide bonds. The lowest BCUT2D eigenvalue weighted by Crippen LogP contribution is -2.59. The van der Waals surface area contributed by atoms with Crippen LogP contribution in [-0.2, 0) is 4.74 Å². The van der Waals surface area contributed by atoms with E-state index in [0.29, 0.717) is 0 Å². The van der Waals surface area contributed by atoms with Gasteiger partial charge in [-0.3, -0.25) is 0 Å². The average Bonchev–Trinajstić information content (AvgIpc) is 2.19. The van der Waals surface area contributed by atoms with Crippen LogP contribution < -0.4 is 5.32 Å². The summed E-state index contributed by atoms with van der Waals surface area (Å²) in [6.07, 6.45) is 8.54. The maximum Gasteiger partial charge on any atom is 0.0468 e. The van der Waals surface area contributed by atoms with Gasteiger partial charge in [-0.25, -0.2) is 0 Å². The van der Waals surface area contributed by atoms with E-state index in [1.165, 1.54) is 38.5 Å². The monoisotopic (exact) mass is 251 g/mol. The van der Waals surface area contributed by atoms with Gasteiger partial charge in [0, 0.05) is 24.8 Å². The Morgan fingerprint density at radius 2 is 1.56 bits per heavy atom. The second kappa shape index (κ2) is 4.49. The Kier molecular flexibility index (Phi) is 3.22. The van der Waals surface area contributed by atoms with Crippen LogP contribution in [0.2, 0.25) is 0 Å². The van der Waals surface area contributed by atoms with Gasteiger partial charge in [0.25, 0.3) is 0 Å². The number of hydrogen-bond acceptors (Lipinski definition) is 2. The van der Waals surface area contributed by atoms with E-state index in [1.54, 1.807) is 0 Å². The molecule has 104 valence electrons. The van der Waals surface area contributed by atoms with E-state index in [0.717, 1.165) is 36.5 Å². The Bertz CT molecular complexity index is 287. The summed E-state index contributed by atoms with van der Waals surface area (Å²) in [6.45, 7) is 8.88. The fourth-order valence-corrected chi connectivity index (χ4v) is 4.61. The largest absolute Gasteiger partial charge is 0.381 e. The van der Waals surface area contributed by atoms with Crippen LogP contribution in [0, 0.1) is 17.3 Å². The average molecular weight is 251 g/mol. The molecule has 3 rings (SSSR count). The third-order valence-corrected chi connectivity index (χ3v) is 5.32. The first kappa shape index (κ1) is 12.9.